The first-order valence-electron chi connectivity index (χ1n) is 6.30. The molecule has 0 fully saturated rings. The van der Waals surface area contributed by atoms with Crippen molar-refractivity contribution in [2.75, 3.05) is 6.61 Å². The van der Waals surface area contributed by atoms with Gasteiger partial charge in [-0.2, -0.15) is 0 Å². The molecule has 0 radical (unpaired) electrons. The third-order valence-electron chi connectivity index (χ3n) is 2.47. The average molecular weight is 269 g/mol. The van der Waals surface area contributed by atoms with E-state index in [-0.39, 0.29) is 30.7 Å². The Hall–Kier alpha value is -1.62. The smallest absolute Gasteiger partial charge is 0.223 e. The lowest BCUT2D eigenvalue weighted by Gasteiger charge is -2.11. The van der Waals surface area contributed by atoms with Gasteiger partial charge in [0.2, 0.25) is 5.91 Å². The second-order valence-corrected chi connectivity index (χ2v) is 4.69. The summed E-state index contributed by atoms with van der Waals surface area (Å²) >= 11 is 0. The van der Waals surface area contributed by atoms with Crippen molar-refractivity contribution in [3.63, 3.8) is 0 Å². The molecule has 1 aromatic rings. The molecule has 4 nitrogen and oxygen atoms in total. The highest BCUT2D eigenvalue weighted by Crippen LogP contribution is 2.21. The van der Waals surface area contributed by atoms with Crippen molar-refractivity contribution in [3.8, 4) is 5.75 Å². The minimum Gasteiger partial charge on any atom is -0.490 e. The molecule has 0 aliphatic rings. The highest BCUT2D eigenvalue weighted by Gasteiger charge is 2.09. The number of amides is 1. The van der Waals surface area contributed by atoms with E-state index in [4.69, 9.17) is 4.74 Å². The van der Waals surface area contributed by atoms with Gasteiger partial charge in [0.1, 0.15) is 0 Å². The predicted octanol–water partition coefficient (Wildman–Crippen LogP) is 2.17. The van der Waals surface area contributed by atoms with Crippen molar-refractivity contribution in [2.45, 2.75) is 39.3 Å². The molecular formula is C14H20FNO3. The zero-order valence-corrected chi connectivity index (χ0v) is 11.4. The van der Waals surface area contributed by atoms with Crippen LogP contribution in [0.3, 0.4) is 0 Å². The first kappa shape index (κ1) is 15.4. The first-order valence-corrected chi connectivity index (χ1v) is 6.30. The van der Waals surface area contributed by atoms with E-state index in [2.05, 4.69) is 5.32 Å². The molecule has 0 saturated heterocycles. The van der Waals surface area contributed by atoms with Crippen molar-refractivity contribution >= 4 is 5.91 Å². The number of carbonyl (C=O) groups is 1. The molecule has 19 heavy (non-hydrogen) atoms. The predicted molar refractivity (Wildman–Crippen MR) is 70.4 cm³/mol. The lowest BCUT2D eigenvalue weighted by Crippen LogP contribution is -2.31. The number of nitrogens with one attached hydrogen (secondary N) is 1. The van der Waals surface area contributed by atoms with Crippen LogP contribution in [-0.2, 0) is 4.79 Å². The molecule has 0 heterocycles. The van der Waals surface area contributed by atoms with Crippen LogP contribution >= 0.6 is 0 Å². The lowest BCUT2D eigenvalue weighted by molar-refractivity contribution is -0.122. The Balaban J connectivity index is 2.48. The van der Waals surface area contributed by atoms with E-state index in [0.717, 1.165) is 0 Å². The monoisotopic (exact) mass is 269 g/mol. The number of aliphatic hydroxyl groups is 1. The Bertz CT molecular complexity index is 433. The molecule has 0 spiro atoms. The Kier molecular flexibility index (Phi) is 5.76. The van der Waals surface area contributed by atoms with Crippen LogP contribution in [0, 0.1) is 5.82 Å². The van der Waals surface area contributed by atoms with Crippen LogP contribution in [0.25, 0.3) is 0 Å². The van der Waals surface area contributed by atoms with Gasteiger partial charge in [0.15, 0.2) is 11.6 Å². The standard InChI is InChI=1S/C14H20FNO3/c1-9(2)16-14(18)6-7-19-13-5-4-11(10(3)17)8-12(13)15/h4-5,8-10,17H,6-7H2,1-3H3,(H,16,18)/t10-/m1/s1. The van der Waals surface area contributed by atoms with Crippen molar-refractivity contribution in [2.24, 2.45) is 0 Å². The van der Waals surface area contributed by atoms with E-state index in [1.165, 1.54) is 12.1 Å². The van der Waals surface area contributed by atoms with Gasteiger partial charge in [0, 0.05) is 6.04 Å². The second-order valence-electron chi connectivity index (χ2n) is 4.69. The lowest BCUT2D eigenvalue weighted by atomic mass is 10.1. The zero-order valence-electron chi connectivity index (χ0n) is 11.4. The topological polar surface area (TPSA) is 58.6 Å². The molecule has 5 heteroatoms. The van der Waals surface area contributed by atoms with E-state index in [0.29, 0.717) is 5.56 Å². The molecule has 1 rings (SSSR count). The maximum absolute atomic E-state index is 13.6. The molecular weight excluding hydrogens is 249 g/mol. The average Bonchev–Trinajstić information content (AvgIpc) is 2.29. The SMILES string of the molecule is CC(C)NC(=O)CCOc1ccc([C@@H](C)O)cc1F. The van der Waals surface area contributed by atoms with Gasteiger partial charge in [0.25, 0.3) is 0 Å². The normalized spacial score (nSPS) is 12.3. The molecule has 0 aliphatic heterocycles. The number of rotatable bonds is 6. The van der Waals surface area contributed by atoms with E-state index >= 15 is 0 Å². The molecule has 0 saturated carbocycles. The van der Waals surface area contributed by atoms with E-state index in [1.54, 1.807) is 13.0 Å². The van der Waals surface area contributed by atoms with Crippen molar-refractivity contribution < 1.29 is 19.0 Å². The van der Waals surface area contributed by atoms with Gasteiger partial charge in [-0.1, -0.05) is 6.07 Å². The van der Waals surface area contributed by atoms with Crippen molar-refractivity contribution in [3.05, 3.63) is 29.6 Å². The second kappa shape index (κ2) is 7.09. The van der Waals surface area contributed by atoms with Crippen LogP contribution in [0.15, 0.2) is 18.2 Å². The third-order valence-corrected chi connectivity index (χ3v) is 2.47. The summed E-state index contributed by atoms with van der Waals surface area (Å²) in [5, 5.41) is 12.0. The fraction of sp³-hybridized carbons (Fsp3) is 0.500. The summed E-state index contributed by atoms with van der Waals surface area (Å²) in [5.74, 6) is -0.583. The number of carbonyl (C=O) groups excluding carboxylic acids is 1. The molecule has 1 atom stereocenters. The van der Waals surface area contributed by atoms with E-state index in [9.17, 15) is 14.3 Å². The van der Waals surface area contributed by atoms with Crippen LogP contribution in [0.5, 0.6) is 5.75 Å². The summed E-state index contributed by atoms with van der Waals surface area (Å²) in [7, 11) is 0. The number of halogens is 1. The van der Waals surface area contributed by atoms with Crippen molar-refractivity contribution in [1.29, 1.82) is 0 Å². The minimum absolute atomic E-state index is 0.0783. The van der Waals surface area contributed by atoms with Crippen LogP contribution in [-0.4, -0.2) is 23.7 Å². The van der Waals surface area contributed by atoms with Gasteiger partial charge in [-0.05, 0) is 38.5 Å². The number of aliphatic hydroxyl groups excluding tert-OH is 1. The number of hydrogen-bond acceptors (Lipinski definition) is 3. The Morgan fingerprint density at radius 1 is 1.42 bits per heavy atom. The van der Waals surface area contributed by atoms with Gasteiger partial charge in [-0.25, -0.2) is 4.39 Å². The van der Waals surface area contributed by atoms with Crippen LogP contribution in [0.1, 0.15) is 38.9 Å². The molecule has 106 valence electrons. The first-order chi connectivity index (χ1) is 8.90. The summed E-state index contributed by atoms with van der Waals surface area (Å²) in [4.78, 5) is 11.4. The molecule has 0 bridgehead atoms. The van der Waals surface area contributed by atoms with E-state index in [1.807, 2.05) is 13.8 Å². The summed E-state index contributed by atoms with van der Waals surface area (Å²) in [6.45, 7) is 5.41. The van der Waals surface area contributed by atoms with E-state index < -0.39 is 11.9 Å². The van der Waals surface area contributed by atoms with Crippen LogP contribution < -0.4 is 10.1 Å². The third kappa shape index (κ3) is 5.26. The van der Waals surface area contributed by atoms with Gasteiger partial charge >= 0.3 is 0 Å². The number of hydrogen-bond donors (Lipinski definition) is 2. The molecule has 0 aromatic heterocycles. The van der Waals surface area contributed by atoms with Crippen LogP contribution in [0.4, 0.5) is 4.39 Å². The Morgan fingerprint density at radius 2 is 2.11 bits per heavy atom. The van der Waals surface area contributed by atoms with Gasteiger partial charge < -0.3 is 15.2 Å². The quantitative estimate of drug-likeness (QED) is 0.832. The largest absolute Gasteiger partial charge is 0.490 e. The highest BCUT2D eigenvalue weighted by atomic mass is 19.1. The summed E-state index contributed by atoms with van der Waals surface area (Å²) in [6, 6.07) is 4.36. The fourth-order valence-corrected chi connectivity index (χ4v) is 1.54. The number of benzene rings is 1. The summed E-state index contributed by atoms with van der Waals surface area (Å²) in [6.07, 6.45) is -0.546. The Labute approximate surface area is 112 Å². The Morgan fingerprint density at radius 3 is 2.63 bits per heavy atom. The zero-order chi connectivity index (χ0) is 14.4. The van der Waals surface area contributed by atoms with Gasteiger partial charge in [-0.15, -0.1) is 0 Å². The van der Waals surface area contributed by atoms with Gasteiger partial charge in [0.05, 0.1) is 19.1 Å². The fourth-order valence-electron chi connectivity index (χ4n) is 1.54. The number of ether oxygens (including phenoxy) is 1. The van der Waals surface area contributed by atoms with Gasteiger partial charge in [-0.3, -0.25) is 4.79 Å². The van der Waals surface area contributed by atoms with Crippen molar-refractivity contribution in [1.82, 2.24) is 5.32 Å². The highest BCUT2D eigenvalue weighted by molar-refractivity contribution is 5.76. The molecule has 0 unspecified atom stereocenters. The molecule has 1 amide bonds. The van der Waals surface area contributed by atoms with Crippen LogP contribution in [0.2, 0.25) is 0 Å². The molecule has 2 N–H and O–H groups in total. The molecule has 1 aromatic carbocycles. The molecule has 0 aliphatic carbocycles. The maximum Gasteiger partial charge on any atom is 0.223 e. The maximum atomic E-state index is 13.6. The minimum atomic E-state index is -0.722. The summed E-state index contributed by atoms with van der Waals surface area (Å²) in [5.41, 5.74) is 0.488. The summed E-state index contributed by atoms with van der Waals surface area (Å²) < 4.78 is 18.8.